The van der Waals surface area contributed by atoms with Crippen LogP contribution in [-0.4, -0.2) is 28.0 Å². The normalized spacial score (nSPS) is 14.1. The third-order valence-electron chi connectivity index (χ3n) is 2.30. The number of aliphatic hydroxyl groups is 3. The molecule has 1 rings (SSSR count). The van der Waals surface area contributed by atoms with Crippen molar-refractivity contribution < 1.29 is 15.3 Å². The van der Waals surface area contributed by atoms with Gasteiger partial charge in [0.15, 0.2) is 0 Å². The molecular formula is C11H14N2O3. The van der Waals surface area contributed by atoms with Crippen LogP contribution in [0.5, 0.6) is 0 Å². The zero-order chi connectivity index (χ0) is 12.1. The van der Waals surface area contributed by atoms with E-state index in [1.165, 1.54) is 12.1 Å². The van der Waals surface area contributed by atoms with Crippen LogP contribution in [0.1, 0.15) is 23.7 Å². The highest BCUT2D eigenvalue weighted by Gasteiger charge is 2.20. The lowest BCUT2D eigenvalue weighted by Gasteiger charge is -2.18. The third-order valence-corrected chi connectivity index (χ3v) is 2.30. The zero-order valence-corrected chi connectivity index (χ0v) is 8.67. The number of rotatable bonds is 4. The molecule has 0 aliphatic heterocycles. The van der Waals surface area contributed by atoms with Crippen molar-refractivity contribution >= 4 is 5.69 Å². The monoisotopic (exact) mass is 222 g/mol. The fourth-order valence-electron chi connectivity index (χ4n) is 1.43. The second-order valence-electron chi connectivity index (χ2n) is 3.48. The summed E-state index contributed by atoms with van der Waals surface area (Å²) >= 11 is 0. The summed E-state index contributed by atoms with van der Waals surface area (Å²) in [7, 11) is 0. The van der Waals surface area contributed by atoms with Gasteiger partial charge in [-0.15, -0.1) is 0 Å². The SMILES string of the molecule is N#Cc1ccc(N)cc1C(O)C(O)CCO. The summed E-state index contributed by atoms with van der Waals surface area (Å²) in [4.78, 5) is 0. The van der Waals surface area contributed by atoms with Crippen molar-refractivity contribution in [1.29, 1.82) is 5.26 Å². The van der Waals surface area contributed by atoms with E-state index < -0.39 is 12.2 Å². The van der Waals surface area contributed by atoms with Crippen molar-refractivity contribution in [2.75, 3.05) is 12.3 Å². The van der Waals surface area contributed by atoms with E-state index in [0.29, 0.717) is 5.69 Å². The smallest absolute Gasteiger partial charge is 0.106 e. The van der Waals surface area contributed by atoms with Gasteiger partial charge in [0, 0.05) is 17.9 Å². The molecule has 0 spiro atoms. The Hall–Kier alpha value is -1.61. The van der Waals surface area contributed by atoms with E-state index in [2.05, 4.69) is 0 Å². The number of benzene rings is 1. The number of hydrogen-bond donors (Lipinski definition) is 4. The fourth-order valence-corrected chi connectivity index (χ4v) is 1.43. The number of aliphatic hydroxyl groups excluding tert-OH is 3. The van der Waals surface area contributed by atoms with Gasteiger partial charge < -0.3 is 21.1 Å². The molecule has 0 saturated carbocycles. The maximum absolute atomic E-state index is 9.79. The molecule has 0 aromatic heterocycles. The Morgan fingerprint density at radius 2 is 2.06 bits per heavy atom. The molecule has 0 fully saturated rings. The molecule has 2 unspecified atom stereocenters. The lowest BCUT2D eigenvalue weighted by atomic mass is 9.97. The van der Waals surface area contributed by atoms with E-state index in [9.17, 15) is 10.2 Å². The van der Waals surface area contributed by atoms with Crippen molar-refractivity contribution in [3.8, 4) is 6.07 Å². The Labute approximate surface area is 93.4 Å². The molecule has 0 bridgehead atoms. The van der Waals surface area contributed by atoms with E-state index in [1.54, 1.807) is 6.07 Å². The summed E-state index contributed by atoms with van der Waals surface area (Å²) in [5.74, 6) is 0. The Morgan fingerprint density at radius 3 is 2.62 bits per heavy atom. The van der Waals surface area contributed by atoms with Crippen LogP contribution >= 0.6 is 0 Å². The molecule has 0 saturated heterocycles. The molecule has 0 aliphatic rings. The second kappa shape index (κ2) is 5.47. The Morgan fingerprint density at radius 1 is 1.38 bits per heavy atom. The highest BCUT2D eigenvalue weighted by atomic mass is 16.3. The molecule has 5 N–H and O–H groups in total. The number of nitrogens with zero attached hydrogens (tertiary/aromatic N) is 1. The molecule has 1 aromatic rings. The molecule has 0 radical (unpaired) electrons. The predicted molar refractivity (Wildman–Crippen MR) is 58.2 cm³/mol. The molecule has 0 aliphatic carbocycles. The summed E-state index contributed by atoms with van der Waals surface area (Å²) in [5.41, 5.74) is 6.49. The van der Waals surface area contributed by atoms with Gasteiger partial charge in [0.1, 0.15) is 6.10 Å². The van der Waals surface area contributed by atoms with E-state index >= 15 is 0 Å². The number of nitrogens with two attached hydrogens (primary N) is 1. The Bertz CT molecular complexity index is 401. The van der Waals surface area contributed by atoms with Crippen LogP contribution in [0.4, 0.5) is 5.69 Å². The summed E-state index contributed by atoms with van der Waals surface area (Å²) in [5, 5.41) is 36.8. The first-order valence-corrected chi connectivity index (χ1v) is 4.86. The molecule has 0 amide bonds. The van der Waals surface area contributed by atoms with Gasteiger partial charge in [0.25, 0.3) is 0 Å². The minimum absolute atomic E-state index is 0.0425. The molecule has 2 atom stereocenters. The molecule has 5 heteroatoms. The first kappa shape index (κ1) is 12.5. The minimum atomic E-state index is -1.22. The zero-order valence-electron chi connectivity index (χ0n) is 8.67. The predicted octanol–water partition coefficient (Wildman–Crippen LogP) is -0.0828. The molecule has 5 nitrogen and oxygen atoms in total. The maximum Gasteiger partial charge on any atom is 0.106 e. The van der Waals surface area contributed by atoms with Crippen LogP contribution < -0.4 is 5.73 Å². The van der Waals surface area contributed by atoms with Gasteiger partial charge in [-0.25, -0.2) is 0 Å². The summed E-state index contributed by atoms with van der Waals surface area (Å²) in [6.45, 7) is -0.234. The standard InChI is InChI=1S/C11H14N2O3/c12-6-7-1-2-8(13)5-9(7)11(16)10(15)3-4-14/h1-2,5,10-11,14-16H,3-4,13H2. The van der Waals surface area contributed by atoms with Crippen molar-refractivity contribution in [3.63, 3.8) is 0 Å². The molecule has 1 aromatic carbocycles. The van der Waals surface area contributed by atoms with Crippen LogP contribution in [0.15, 0.2) is 18.2 Å². The highest BCUT2D eigenvalue weighted by molar-refractivity contribution is 5.50. The first-order valence-electron chi connectivity index (χ1n) is 4.86. The Kier molecular flexibility index (Phi) is 4.26. The third kappa shape index (κ3) is 2.70. The topological polar surface area (TPSA) is 111 Å². The minimum Gasteiger partial charge on any atom is -0.399 e. The maximum atomic E-state index is 9.79. The van der Waals surface area contributed by atoms with Crippen molar-refractivity contribution in [2.24, 2.45) is 0 Å². The van der Waals surface area contributed by atoms with Crippen LogP contribution in [-0.2, 0) is 0 Å². The summed E-state index contributed by atoms with van der Waals surface area (Å²) < 4.78 is 0. The van der Waals surface area contributed by atoms with E-state index in [4.69, 9.17) is 16.1 Å². The molecule has 16 heavy (non-hydrogen) atoms. The van der Waals surface area contributed by atoms with Crippen molar-refractivity contribution in [1.82, 2.24) is 0 Å². The lowest BCUT2D eigenvalue weighted by molar-refractivity contribution is 0.00411. The van der Waals surface area contributed by atoms with Crippen LogP contribution in [0, 0.1) is 11.3 Å². The van der Waals surface area contributed by atoms with Gasteiger partial charge in [-0.1, -0.05) is 0 Å². The van der Waals surface area contributed by atoms with Crippen molar-refractivity contribution in [3.05, 3.63) is 29.3 Å². The number of hydrogen-bond acceptors (Lipinski definition) is 5. The Balaban J connectivity index is 3.02. The van der Waals surface area contributed by atoms with Gasteiger partial charge in [-0.2, -0.15) is 5.26 Å². The van der Waals surface area contributed by atoms with E-state index in [1.807, 2.05) is 6.07 Å². The lowest BCUT2D eigenvalue weighted by Crippen LogP contribution is -2.20. The van der Waals surface area contributed by atoms with E-state index in [-0.39, 0.29) is 24.2 Å². The van der Waals surface area contributed by atoms with Crippen LogP contribution in [0.3, 0.4) is 0 Å². The second-order valence-corrected chi connectivity index (χ2v) is 3.48. The van der Waals surface area contributed by atoms with Gasteiger partial charge in [-0.3, -0.25) is 0 Å². The van der Waals surface area contributed by atoms with Gasteiger partial charge in [0.05, 0.1) is 17.7 Å². The summed E-state index contributed by atoms with van der Waals surface area (Å²) in [6, 6.07) is 6.39. The van der Waals surface area contributed by atoms with Gasteiger partial charge >= 0.3 is 0 Å². The fraction of sp³-hybridized carbons (Fsp3) is 0.364. The first-order chi connectivity index (χ1) is 7.60. The van der Waals surface area contributed by atoms with Crippen LogP contribution in [0.2, 0.25) is 0 Å². The average molecular weight is 222 g/mol. The number of anilines is 1. The molecule has 86 valence electrons. The van der Waals surface area contributed by atoms with E-state index in [0.717, 1.165) is 0 Å². The molecular weight excluding hydrogens is 208 g/mol. The number of nitriles is 1. The van der Waals surface area contributed by atoms with Crippen LogP contribution in [0.25, 0.3) is 0 Å². The summed E-state index contributed by atoms with van der Waals surface area (Å²) in [6.07, 6.45) is -2.29. The number of nitrogen functional groups attached to an aromatic ring is 1. The largest absolute Gasteiger partial charge is 0.399 e. The van der Waals surface area contributed by atoms with Gasteiger partial charge in [0.2, 0.25) is 0 Å². The van der Waals surface area contributed by atoms with Gasteiger partial charge in [-0.05, 0) is 24.6 Å². The highest BCUT2D eigenvalue weighted by Crippen LogP contribution is 2.24. The average Bonchev–Trinajstić information content (AvgIpc) is 2.28. The quantitative estimate of drug-likeness (QED) is 0.532. The molecule has 0 heterocycles. The van der Waals surface area contributed by atoms with Crippen molar-refractivity contribution in [2.45, 2.75) is 18.6 Å².